The molecule has 2 saturated heterocycles. The molecule has 2 fully saturated rings. The molecule has 0 unspecified atom stereocenters. The topological polar surface area (TPSA) is 176 Å². The number of nitrogens with two attached hydrogens (primary N) is 1. The number of nitrogens with zero attached hydrogens (tertiary/aromatic N) is 4. The van der Waals surface area contributed by atoms with Crippen molar-refractivity contribution in [3.63, 3.8) is 0 Å². The first kappa shape index (κ1) is 39.9. The molecule has 58 heavy (non-hydrogen) atoms. The van der Waals surface area contributed by atoms with E-state index in [9.17, 15) is 29.4 Å². The van der Waals surface area contributed by atoms with Crippen LogP contribution in [-0.2, 0) is 40.0 Å². The number of aryl methyl sites for hydroxylation is 2. The second-order valence-corrected chi connectivity index (χ2v) is 15.1. The Labute approximate surface area is 337 Å². The highest BCUT2D eigenvalue weighted by Gasteiger charge is 2.43. The third-order valence-electron chi connectivity index (χ3n) is 11.0. The zero-order valence-electron chi connectivity index (χ0n) is 32.9. The van der Waals surface area contributed by atoms with E-state index in [0.29, 0.717) is 49.4 Å². The van der Waals surface area contributed by atoms with Gasteiger partial charge >= 0.3 is 5.97 Å². The maximum Gasteiger partial charge on any atom is 0.356 e. The lowest BCUT2D eigenvalue weighted by Crippen LogP contribution is -2.37. The van der Waals surface area contributed by atoms with Crippen LogP contribution in [0.5, 0.6) is 0 Å². The number of primary amides is 1. The summed E-state index contributed by atoms with van der Waals surface area (Å²) in [5.41, 5.74) is 11.9. The van der Waals surface area contributed by atoms with Crippen molar-refractivity contribution >= 4 is 23.7 Å². The third kappa shape index (κ3) is 8.08. The number of carbonyl (C=O) groups is 4. The highest BCUT2D eigenvalue weighted by atomic mass is 16.5. The summed E-state index contributed by atoms with van der Waals surface area (Å²) in [7, 11) is 3.31. The normalized spacial score (nSPS) is 20.3. The molecule has 12 heteroatoms. The van der Waals surface area contributed by atoms with Crippen LogP contribution in [-0.4, -0.2) is 98.7 Å². The van der Waals surface area contributed by atoms with Crippen molar-refractivity contribution in [1.82, 2.24) is 19.8 Å². The second kappa shape index (κ2) is 16.3. The summed E-state index contributed by atoms with van der Waals surface area (Å²) in [6.07, 6.45) is 6.29. The first-order chi connectivity index (χ1) is 27.8. The quantitative estimate of drug-likeness (QED) is 0.202. The number of carbonyl (C=O) groups excluding carboxylic acids is 4. The molecular weight excluding hydrogens is 735 g/mol. The molecule has 0 bridgehead atoms. The molecule has 4 N–H and O–H groups in total. The van der Waals surface area contributed by atoms with Crippen LogP contribution in [0.1, 0.15) is 87.0 Å². The van der Waals surface area contributed by atoms with Crippen LogP contribution < -0.4 is 5.73 Å². The van der Waals surface area contributed by atoms with E-state index >= 15 is 0 Å². The van der Waals surface area contributed by atoms with E-state index in [-0.39, 0.29) is 17.5 Å². The number of pyridine rings is 2. The van der Waals surface area contributed by atoms with Gasteiger partial charge in [0, 0.05) is 62.3 Å². The zero-order valence-corrected chi connectivity index (χ0v) is 32.9. The lowest BCUT2D eigenvalue weighted by atomic mass is 9.99. The van der Waals surface area contributed by atoms with Crippen molar-refractivity contribution in [1.29, 1.82) is 0 Å². The molecule has 0 radical (unpaired) electrons. The molecule has 0 saturated carbocycles. The second-order valence-electron chi connectivity index (χ2n) is 15.1. The molecule has 4 heterocycles. The fraction of sp³-hybridized carbons (Fsp3) is 0.348. The zero-order chi connectivity index (χ0) is 41.2. The van der Waals surface area contributed by atoms with E-state index in [1.54, 1.807) is 27.1 Å². The van der Waals surface area contributed by atoms with Gasteiger partial charge in [0.25, 0.3) is 17.7 Å². The number of esters is 1. The smallest absolute Gasteiger partial charge is 0.356 e. The highest BCUT2D eigenvalue weighted by Crippen LogP contribution is 2.34. The molecule has 2 aliphatic carbocycles. The van der Waals surface area contributed by atoms with Crippen LogP contribution in [0.3, 0.4) is 0 Å². The van der Waals surface area contributed by atoms with Crippen molar-refractivity contribution in [3.05, 3.63) is 105 Å². The monoisotopic (exact) mass is 779 g/mol. The number of likely N-dealkylation sites (tertiary alicyclic amines) is 2. The maximum absolute atomic E-state index is 12.3. The van der Waals surface area contributed by atoms with Gasteiger partial charge in [-0.25, -0.2) is 14.8 Å². The Hall–Kier alpha value is -6.34. The van der Waals surface area contributed by atoms with E-state index in [1.807, 2.05) is 54.6 Å². The van der Waals surface area contributed by atoms with E-state index in [0.717, 1.165) is 83.3 Å². The van der Waals surface area contributed by atoms with Gasteiger partial charge in [0.15, 0.2) is 0 Å². The van der Waals surface area contributed by atoms with Crippen molar-refractivity contribution in [2.45, 2.75) is 69.5 Å². The molecule has 2 aromatic carbocycles. The predicted molar refractivity (Wildman–Crippen MR) is 216 cm³/mol. The Kier molecular flexibility index (Phi) is 11.2. The van der Waals surface area contributed by atoms with Crippen LogP contribution in [0.2, 0.25) is 0 Å². The fourth-order valence-electron chi connectivity index (χ4n) is 7.86. The van der Waals surface area contributed by atoms with Gasteiger partial charge in [0.1, 0.15) is 11.4 Å². The minimum Gasteiger partial charge on any atom is -0.461 e. The Morgan fingerprint density at radius 1 is 0.741 bits per heavy atom. The molecule has 2 atom stereocenters. The number of amides is 3. The minimum atomic E-state index is -1.63. The molecule has 4 aromatic rings. The van der Waals surface area contributed by atoms with Gasteiger partial charge in [0.05, 0.1) is 18.0 Å². The van der Waals surface area contributed by atoms with Gasteiger partial charge < -0.3 is 30.5 Å². The maximum atomic E-state index is 12.3. The van der Waals surface area contributed by atoms with E-state index in [2.05, 4.69) is 33.6 Å². The summed E-state index contributed by atoms with van der Waals surface area (Å²) < 4.78 is 5.14. The van der Waals surface area contributed by atoms with Crippen LogP contribution in [0.15, 0.2) is 60.7 Å². The lowest BCUT2D eigenvalue weighted by Gasteiger charge is -2.13. The Balaban J connectivity index is 0.000000177. The number of rotatable bonds is 5. The molecule has 2 aromatic heterocycles. The summed E-state index contributed by atoms with van der Waals surface area (Å²) in [4.78, 5) is 60.2. The number of fused-ring (bicyclic) bond motifs is 2. The standard InChI is InChI=1S/C24H24N2O4.C22H21N3O3/c1-3-30-22(27)20-15-17-7-5-9-19(17)21(25-20)18-8-4-6-16(14-18)10-11-24(29)12-13-26(2)23(24)28;1-25-11-10-22(28,21(25)27)9-8-14-4-2-6-16(12-14)19-17-7-3-5-15(17)13-18(24-19)20(23)26/h4,6,8,14-15,29H,3,5,7,9,12-13H2,1-2H3;2,4,6,12-13,28H,3,5,7,10-11H2,1H3,(H2,23,26)/t24-;22-/m00/s1. The van der Waals surface area contributed by atoms with E-state index < -0.39 is 23.1 Å². The van der Waals surface area contributed by atoms with Gasteiger partial charge in [-0.2, -0.15) is 0 Å². The van der Waals surface area contributed by atoms with Crippen molar-refractivity contribution < 1.29 is 34.1 Å². The minimum absolute atomic E-state index is 0.265. The first-order valence-electron chi connectivity index (χ1n) is 19.5. The number of hydrogen-bond acceptors (Lipinski definition) is 9. The van der Waals surface area contributed by atoms with Crippen molar-refractivity contribution in [2.75, 3.05) is 33.8 Å². The number of benzene rings is 2. The largest absolute Gasteiger partial charge is 0.461 e. The van der Waals surface area contributed by atoms with Gasteiger partial charge in [-0.3, -0.25) is 14.4 Å². The van der Waals surface area contributed by atoms with Crippen molar-refractivity contribution in [3.8, 4) is 46.2 Å². The molecule has 0 spiro atoms. The number of aromatic nitrogens is 2. The average Bonchev–Trinajstić information content (AvgIpc) is 4.02. The Bertz CT molecular complexity index is 2480. The van der Waals surface area contributed by atoms with Gasteiger partial charge in [-0.15, -0.1) is 0 Å². The van der Waals surface area contributed by atoms with Gasteiger partial charge in [0.2, 0.25) is 11.2 Å². The lowest BCUT2D eigenvalue weighted by molar-refractivity contribution is -0.138. The van der Waals surface area contributed by atoms with Crippen LogP contribution >= 0.6 is 0 Å². The molecule has 8 rings (SSSR count). The molecule has 3 amide bonds. The molecule has 4 aliphatic rings. The number of aliphatic hydroxyl groups is 2. The summed E-state index contributed by atoms with van der Waals surface area (Å²) in [6.45, 7) is 3.05. The summed E-state index contributed by atoms with van der Waals surface area (Å²) in [5, 5.41) is 21.0. The average molecular weight is 780 g/mol. The molecular formula is C46H45N5O7. The van der Waals surface area contributed by atoms with Gasteiger partial charge in [-0.1, -0.05) is 47.9 Å². The summed E-state index contributed by atoms with van der Waals surface area (Å²) in [5.74, 6) is 9.66. The van der Waals surface area contributed by atoms with Crippen LogP contribution in [0.4, 0.5) is 0 Å². The summed E-state index contributed by atoms with van der Waals surface area (Å²) in [6, 6.07) is 18.6. The summed E-state index contributed by atoms with van der Waals surface area (Å²) >= 11 is 0. The van der Waals surface area contributed by atoms with E-state index in [1.165, 1.54) is 9.80 Å². The van der Waals surface area contributed by atoms with Crippen LogP contribution in [0.25, 0.3) is 22.5 Å². The van der Waals surface area contributed by atoms with Gasteiger partial charge in [-0.05, 0) is 104 Å². The van der Waals surface area contributed by atoms with E-state index in [4.69, 9.17) is 10.5 Å². The number of hydrogen-bond donors (Lipinski definition) is 3. The van der Waals surface area contributed by atoms with Crippen molar-refractivity contribution in [2.24, 2.45) is 5.73 Å². The third-order valence-corrected chi connectivity index (χ3v) is 11.0. The predicted octanol–water partition coefficient (Wildman–Crippen LogP) is 3.64. The van der Waals surface area contributed by atoms with Crippen LogP contribution in [0, 0.1) is 23.7 Å². The molecule has 12 nitrogen and oxygen atoms in total. The molecule has 2 aliphatic heterocycles. The number of likely N-dealkylation sites (N-methyl/N-ethyl adjacent to an activating group) is 2. The molecule has 296 valence electrons. The fourth-order valence-corrected chi connectivity index (χ4v) is 7.86. The highest BCUT2D eigenvalue weighted by molar-refractivity contribution is 5.93. The first-order valence-corrected chi connectivity index (χ1v) is 19.5. The Morgan fingerprint density at radius 2 is 1.21 bits per heavy atom. The Morgan fingerprint density at radius 3 is 1.64 bits per heavy atom. The number of ether oxygens (including phenoxy) is 1. The SMILES string of the molecule is CCOC(=O)c1cc2c(c(-c3cccc(C#C[C@]4(O)CCN(C)C4=O)c3)n1)CCC2.CN1CC[C@@](O)(C#Cc2cccc(-c3nc(C(N)=O)cc4c3CCC4)c2)C1=O.